The molecule has 1 aliphatic heterocycles. The van der Waals surface area contributed by atoms with Crippen molar-refractivity contribution in [3.8, 4) is 5.88 Å². The second kappa shape index (κ2) is 14.8. The van der Waals surface area contributed by atoms with E-state index in [1.807, 2.05) is 0 Å². The van der Waals surface area contributed by atoms with Crippen LogP contribution in [0.3, 0.4) is 0 Å². The van der Waals surface area contributed by atoms with Crippen LogP contribution in [0.4, 0.5) is 18.6 Å². The molecule has 204 valence electrons. The molecular formula is C24H33F2N5O5S. The number of amides is 3. The monoisotopic (exact) mass is 541 g/mol. The Morgan fingerprint density at radius 3 is 2.57 bits per heavy atom. The van der Waals surface area contributed by atoms with E-state index in [-0.39, 0.29) is 34.2 Å². The fraction of sp³-hybridized carbons (Fsp3) is 0.542. The topological polar surface area (TPSA) is 139 Å². The number of urea groups is 1. The summed E-state index contributed by atoms with van der Waals surface area (Å²) < 4.78 is 41.6. The van der Waals surface area contributed by atoms with Gasteiger partial charge in [-0.25, -0.2) is 13.6 Å². The van der Waals surface area contributed by atoms with Crippen molar-refractivity contribution in [1.82, 2.24) is 14.6 Å². The molecule has 0 aliphatic carbocycles. The molecule has 13 heteroatoms. The minimum atomic E-state index is -0.863. The number of nitrogens with zero attached hydrogens (tertiary/aromatic N) is 2. The molecule has 5 N–H and O–H groups in total. The lowest BCUT2D eigenvalue weighted by atomic mass is 10.0. The molecule has 0 radical (unpaired) electrons. The van der Waals surface area contributed by atoms with Gasteiger partial charge < -0.3 is 25.6 Å². The van der Waals surface area contributed by atoms with Crippen molar-refractivity contribution < 1.29 is 33.0 Å². The minimum Gasteiger partial charge on any atom is -0.472 e. The maximum atomic E-state index is 13.3. The van der Waals surface area contributed by atoms with Crippen molar-refractivity contribution in [1.29, 1.82) is 0 Å². The van der Waals surface area contributed by atoms with Crippen LogP contribution in [0, 0.1) is 0 Å². The van der Waals surface area contributed by atoms with E-state index in [1.54, 1.807) is 6.07 Å². The van der Waals surface area contributed by atoms with Crippen LogP contribution >= 0.6 is 11.5 Å². The highest BCUT2D eigenvalue weighted by Crippen LogP contribution is 2.31. The van der Waals surface area contributed by atoms with E-state index in [2.05, 4.69) is 19.9 Å². The second-order valence-electron chi connectivity index (χ2n) is 8.61. The Hall–Kier alpha value is -2.87. The fourth-order valence-corrected chi connectivity index (χ4v) is 4.70. The van der Waals surface area contributed by atoms with E-state index in [1.165, 1.54) is 12.1 Å². The van der Waals surface area contributed by atoms with Crippen molar-refractivity contribution in [3.05, 3.63) is 40.5 Å². The van der Waals surface area contributed by atoms with Gasteiger partial charge in [0.15, 0.2) is 0 Å². The number of carbonyl (C=O) groups is 2. The lowest BCUT2D eigenvalue weighted by molar-refractivity contribution is 0.0128. The lowest BCUT2D eigenvalue weighted by Gasteiger charge is -2.28. The summed E-state index contributed by atoms with van der Waals surface area (Å²) in [6.07, 6.45) is 1.59. The summed E-state index contributed by atoms with van der Waals surface area (Å²) in [5.41, 5.74) is 6.24. The van der Waals surface area contributed by atoms with Crippen molar-refractivity contribution in [2.75, 3.05) is 44.7 Å². The number of hydrogen-bond acceptors (Lipinski definition) is 8. The number of ether oxygens (including phenoxy) is 2. The molecule has 3 amide bonds. The quantitative estimate of drug-likeness (QED) is 0.270. The van der Waals surface area contributed by atoms with Gasteiger partial charge in [0.05, 0.1) is 19.3 Å². The van der Waals surface area contributed by atoms with Gasteiger partial charge in [0, 0.05) is 31.7 Å². The molecule has 1 saturated heterocycles. The van der Waals surface area contributed by atoms with E-state index in [4.69, 9.17) is 15.2 Å². The zero-order chi connectivity index (χ0) is 26.6. The zero-order valence-corrected chi connectivity index (χ0v) is 21.3. The molecule has 37 heavy (non-hydrogen) atoms. The maximum Gasteiger partial charge on any atom is 0.319 e. The second-order valence-corrected chi connectivity index (χ2v) is 9.38. The van der Waals surface area contributed by atoms with Gasteiger partial charge in [0.1, 0.15) is 30.5 Å². The van der Waals surface area contributed by atoms with Crippen molar-refractivity contribution in [3.63, 3.8) is 0 Å². The number of nitrogens with two attached hydrogens (primary N) is 1. The van der Waals surface area contributed by atoms with Crippen LogP contribution < -0.4 is 21.1 Å². The van der Waals surface area contributed by atoms with Gasteiger partial charge in [-0.05, 0) is 41.9 Å². The Bertz CT molecular complexity index is 1010. The van der Waals surface area contributed by atoms with E-state index in [0.29, 0.717) is 44.7 Å². The number of primary amides is 1. The molecular weight excluding hydrogens is 508 g/mol. The van der Waals surface area contributed by atoms with Crippen LogP contribution in [-0.4, -0.2) is 71.8 Å². The zero-order valence-electron chi connectivity index (χ0n) is 20.5. The molecule has 1 unspecified atom stereocenters. The average molecular weight is 542 g/mol. The number of carbonyl (C=O) groups excluding carboxylic acids is 2. The van der Waals surface area contributed by atoms with E-state index in [0.717, 1.165) is 31.0 Å². The predicted molar refractivity (Wildman–Crippen MR) is 135 cm³/mol. The molecule has 0 saturated carbocycles. The molecule has 0 spiro atoms. The highest BCUT2D eigenvalue weighted by atomic mass is 32.1. The SMILES string of the molecule is NC(=O)c1c(OCc2c(CF)cccc2CF)nsc1NC(=O)NCCCCC(O)CN1CCOCC1. The van der Waals surface area contributed by atoms with Crippen LogP contribution in [0.5, 0.6) is 5.88 Å². The first-order chi connectivity index (χ1) is 17.9. The molecule has 1 atom stereocenters. The van der Waals surface area contributed by atoms with Gasteiger partial charge in [-0.2, -0.15) is 4.37 Å². The molecule has 1 aliphatic rings. The number of nitrogens with one attached hydrogen (secondary N) is 2. The normalized spacial score (nSPS) is 14.8. The summed E-state index contributed by atoms with van der Waals surface area (Å²) in [4.78, 5) is 26.5. The van der Waals surface area contributed by atoms with Gasteiger partial charge in [-0.1, -0.05) is 18.2 Å². The molecule has 2 heterocycles. The number of hydrogen-bond donors (Lipinski definition) is 4. The number of halogens is 2. The number of rotatable bonds is 14. The Morgan fingerprint density at radius 2 is 1.92 bits per heavy atom. The van der Waals surface area contributed by atoms with Gasteiger partial charge >= 0.3 is 6.03 Å². The summed E-state index contributed by atoms with van der Waals surface area (Å²) in [5.74, 6) is -0.988. The summed E-state index contributed by atoms with van der Waals surface area (Å²) in [6.45, 7) is 2.17. The number of aliphatic hydroxyl groups is 1. The summed E-state index contributed by atoms with van der Waals surface area (Å²) >= 11 is 0.809. The number of aromatic nitrogens is 1. The van der Waals surface area contributed by atoms with Crippen molar-refractivity contribution >= 4 is 28.5 Å². The molecule has 3 rings (SSSR count). The third-order valence-corrected chi connectivity index (χ3v) is 6.71. The number of alkyl halides is 2. The number of anilines is 1. The Labute approximate surface area is 218 Å². The van der Waals surface area contributed by atoms with Gasteiger partial charge in [-0.15, -0.1) is 0 Å². The molecule has 0 bridgehead atoms. The minimum absolute atomic E-state index is 0.102. The predicted octanol–water partition coefficient (Wildman–Crippen LogP) is 2.74. The van der Waals surface area contributed by atoms with Gasteiger partial charge in [0.25, 0.3) is 5.91 Å². The van der Waals surface area contributed by atoms with Crippen molar-refractivity contribution in [2.45, 2.75) is 45.3 Å². The third kappa shape index (κ3) is 8.59. The highest BCUT2D eigenvalue weighted by molar-refractivity contribution is 7.11. The van der Waals surface area contributed by atoms with Crippen LogP contribution in [0.25, 0.3) is 0 Å². The van der Waals surface area contributed by atoms with Gasteiger partial charge in [0.2, 0.25) is 5.88 Å². The summed E-state index contributed by atoms with van der Waals surface area (Å²) in [5, 5.41) is 15.5. The molecule has 1 fully saturated rings. The molecule has 1 aromatic heterocycles. The number of β-amino-alcohol motifs (C(OH)–C–C–N with tert-alkyl or cyclic N) is 1. The molecule has 10 nitrogen and oxygen atoms in total. The molecule has 1 aromatic carbocycles. The fourth-order valence-electron chi connectivity index (χ4n) is 3.97. The van der Waals surface area contributed by atoms with Crippen LogP contribution in [0.15, 0.2) is 18.2 Å². The van der Waals surface area contributed by atoms with Crippen LogP contribution in [0.2, 0.25) is 0 Å². The van der Waals surface area contributed by atoms with Crippen LogP contribution in [0.1, 0.15) is 46.3 Å². The first-order valence-corrected chi connectivity index (χ1v) is 12.9. The number of unbranched alkanes of at least 4 members (excludes halogenated alkanes) is 1. The Balaban J connectivity index is 1.46. The van der Waals surface area contributed by atoms with Crippen molar-refractivity contribution in [2.24, 2.45) is 5.73 Å². The smallest absolute Gasteiger partial charge is 0.319 e. The summed E-state index contributed by atoms with van der Waals surface area (Å²) in [7, 11) is 0. The highest BCUT2D eigenvalue weighted by Gasteiger charge is 2.23. The largest absolute Gasteiger partial charge is 0.472 e. The first-order valence-electron chi connectivity index (χ1n) is 12.1. The van der Waals surface area contributed by atoms with E-state index in [9.17, 15) is 23.5 Å². The maximum absolute atomic E-state index is 13.3. The standard InChI is InChI=1S/C24H33F2N5O5S/c25-12-16-4-3-5-17(13-26)19(16)15-36-22-20(21(27)33)23(37-30-22)29-24(34)28-7-2-1-6-18(32)14-31-8-10-35-11-9-31/h3-5,18,32H,1-2,6-15H2,(H2,27,33)(H2,28,29,34). The van der Waals surface area contributed by atoms with Crippen LogP contribution in [-0.2, 0) is 24.7 Å². The first kappa shape index (κ1) is 28.7. The Morgan fingerprint density at radius 1 is 1.22 bits per heavy atom. The van der Waals surface area contributed by atoms with Gasteiger partial charge in [-0.3, -0.25) is 15.0 Å². The number of morpholine rings is 1. The Kier molecular flexibility index (Phi) is 11.5. The summed E-state index contributed by atoms with van der Waals surface area (Å²) in [6, 6.07) is 4.06. The number of benzene rings is 1. The van der Waals surface area contributed by atoms with E-state index < -0.39 is 31.4 Å². The van der Waals surface area contributed by atoms with E-state index >= 15 is 0 Å². The lowest BCUT2D eigenvalue weighted by Crippen LogP contribution is -2.40. The average Bonchev–Trinajstić information content (AvgIpc) is 3.29. The molecule has 2 aromatic rings. The third-order valence-electron chi connectivity index (χ3n) is 5.97. The number of aliphatic hydroxyl groups excluding tert-OH is 1.